The maximum atomic E-state index is 12.2. The molecule has 0 spiro atoms. The Bertz CT molecular complexity index is 1000. The number of benzene rings is 1. The Kier molecular flexibility index (Phi) is 3.35. The molecule has 3 heterocycles. The van der Waals surface area contributed by atoms with Crippen molar-refractivity contribution in [1.29, 1.82) is 0 Å². The smallest absolute Gasteiger partial charge is 0.356 e. The molecule has 0 unspecified atom stereocenters. The minimum atomic E-state index is -0.488. The van der Waals surface area contributed by atoms with Crippen LogP contribution in [0.25, 0.3) is 28.2 Å². The summed E-state index contributed by atoms with van der Waals surface area (Å²) in [5, 5.41) is 4.31. The van der Waals surface area contributed by atoms with Crippen molar-refractivity contribution in [3.8, 4) is 22.6 Å². The van der Waals surface area contributed by atoms with Crippen LogP contribution in [0.5, 0.6) is 0 Å². The number of esters is 1. The normalized spacial score (nSPS) is 10.9. The average Bonchev–Trinajstić information content (AvgIpc) is 3.30. The molecule has 118 valence electrons. The standard InChI is InChI=1S/C18H13N3O3/c1-23-18(22)15-10-14(16-8-5-9-24-16)20-17-13(11-19-21(15)17)12-6-3-2-4-7-12/h2-11H,1H3. The third-order valence-corrected chi connectivity index (χ3v) is 3.72. The summed E-state index contributed by atoms with van der Waals surface area (Å²) >= 11 is 0. The fourth-order valence-corrected chi connectivity index (χ4v) is 2.58. The molecule has 3 aromatic heterocycles. The van der Waals surface area contributed by atoms with Gasteiger partial charge in [-0.2, -0.15) is 5.10 Å². The average molecular weight is 319 g/mol. The van der Waals surface area contributed by atoms with Crippen molar-refractivity contribution in [3.05, 3.63) is 66.7 Å². The molecular weight excluding hydrogens is 306 g/mol. The number of hydrogen-bond donors (Lipinski definition) is 0. The van der Waals surface area contributed by atoms with E-state index in [1.807, 2.05) is 30.3 Å². The fraction of sp³-hybridized carbons (Fsp3) is 0.0556. The van der Waals surface area contributed by atoms with Crippen LogP contribution >= 0.6 is 0 Å². The van der Waals surface area contributed by atoms with Gasteiger partial charge in [0.2, 0.25) is 0 Å². The maximum Gasteiger partial charge on any atom is 0.356 e. The highest BCUT2D eigenvalue weighted by atomic mass is 16.5. The van der Waals surface area contributed by atoms with Gasteiger partial charge in [-0.15, -0.1) is 0 Å². The van der Waals surface area contributed by atoms with Crippen molar-refractivity contribution < 1.29 is 13.9 Å². The summed E-state index contributed by atoms with van der Waals surface area (Å²) in [6.45, 7) is 0. The Labute approximate surface area is 137 Å². The van der Waals surface area contributed by atoms with Gasteiger partial charge < -0.3 is 9.15 Å². The van der Waals surface area contributed by atoms with Gasteiger partial charge in [0.05, 0.1) is 19.6 Å². The van der Waals surface area contributed by atoms with Crippen molar-refractivity contribution in [2.75, 3.05) is 7.11 Å². The minimum absolute atomic E-state index is 0.288. The van der Waals surface area contributed by atoms with Gasteiger partial charge in [0.15, 0.2) is 17.1 Å². The van der Waals surface area contributed by atoms with Gasteiger partial charge in [0.1, 0.15) is 5.69 Å². The maximum absolute atomic E-state index is 12.2. The molecule has 0 N–H and O–H groups in total. The van der Waals surface area contributed by atoms with Crippen LogP contribution in [0.2, 0.25) is 0 Å². The van der Waals surface area contributed by atoms with E-state index in [9.17, 15) is 4.79 Å². The minimum Gasteiger partial charge on any atom is -0.464 e. The molecule has 0 aliphatic carbocycles. The van der Waals surface area contributed by atoms with Crippen LogP contribution in [-0.2, 0) is 4.74 Å². The number of methoxy groups -OCH3 is 1. The van der Waals surface area contributed by atoms with E-state index >= 15 is 0 Å². The fourth-order valence-electron chi connectivity index (χ4n) is 2.58. The molecule has 6 nitrogen and oxygen atoms in total. The Balaban J connectivity index is 2.01. The zero-order valence-electron chi connectivity index (χ0n) is 12.8. The molecule has 24 heavy (non-hydrogen) atoms. The van der Waals surface area contributed by atoms with Crippen LogP contribution in [0.4, 0.5) is 0 Å². The Morgan fingerprint density at radius 1 is 1.17 bits per heavy atom. The second-order valence-electron chi connectivity index (χ2n) is 5.16. The molecule has 4 aromatic rings. The van der Waals surface area contributed by atoms with Crippen molar-refractivity contribution >= 4 is 11.6 Å². The monoisotopic (exact) mass is 319 g/mol. The Hall–Kier alpha value is -3.41. The van der Waals surface area contributed by atoms with Crippen molar-refractivity contribution in [1.82, 2.24) is 14.6 Å². The number of hydrogen-bond acceptors (Lipinski definition) is 5. The predicted molar refractivity (Wildman–Crippen MR) is 87.5 cm³/mol. The second kappa shape index (κ2) is 5.66. The zero-order chi connectivity index (χ0) is 16.5. The van der Waals surface area contributed by atoms with Gasteiger partial charge in [0.25, 0.3) is 0 Å². The molecule has 0 atom stereocenters. The number of aromatic nitrogens is 3. The lowest BCUT2D eigenvalue weighted by Gasteiger charge is -2.06. The first kappa shape index (κ1) is 14.2. The number of carbonyl (C=O) groups is 1. The highest BCUT2D eigenvalue weighted by molar-refractivity contribution is 5.91. The summed E-state index contributed by atoms with van der Waals surface area (Å²) in [5.41, 5.74) is 3.19. The first-order valence-corrected chi connectivity index (χ1v) is 7.34. The summed E-state index contributed by atoms with van der Waals surface area (Å²) in [6, 6.07) is 14.9. The lowest BCUT2D eigenvalue weighted by molar-refractivity contribution is 0.0590. The molecule has 0 aliphatic rings. The topological polar surface area (TPSA) is 69.6 Å². The third kappa shape index (κ3) is 2.25. The Morgan fingerprint density at radius 3 is 2.71 bits per heavy atom. The highest BCUT2D eigenvalue weighted by Gasteiger charge is 2.19. The largest absolute Gasteiger partial charge is 0.464 e. The van der Waals surface area contributed by atoms with Gasteiger partial charge in [-0.1, -0.05) is 30.3 Å². The van der Waals surface area contributed by atoms with E-state index in [2.05, 4.69) is 10.1 Å². The molecule has 0 aliphatic heterocycles. The van der Waals surface area contributed by atoms with Gasteiger partial charge in [0, 0.05) is 11.6 Å². The number of nitrogens with zero attached hydrogens (tertiary/aromatic N) is 3. The molecule has 1 aromatic carbocycles. The number of fused-ring (bicyclic) bond motifs is 1. The molecule has 6 heteroatoms. The second-order valence-corrected chi connectivity index (χ2v) is 5.16. The molecule has 0 bridgehead atoms. The van der Waals surface area contributed by atoms with Crippen molar-refractivity contribution in [2.45, 2.75) is 0 Å². The van der Waals surface area contributed by atoms with Gasteiger partial charge in [-0.05, 0) is 17.7 Å². The van der Waals surface area contributed by atoms with E-state index in [-0.39, 0.29) is 5.69 Å². The summed E-state index contributed by atoms with van der Waals surface area (Å²) < 4.78 is 11.8. The van der Waals surface area contributed by atoms with E-state index in [0.29, 0.717) is 17.1 Å². The number of carbonyl (C=O) groups excluding carboxylic acids is 1. The van der Waals surface area contributed by atoms with Crippen LogP contribution in [0.1, 0.15) is 10.5 Å². The SMILES string of the molecule is COC(=O)c1cc(-c2ccco2)nc2c(-c3ccccc3)cnn12. The van der Waals surface area contributed by atoms with Crippen molar-refractivity contribution in [3.63, 3.8) is 0 Å². The highest BCUT2D eigenvalue weighted by Crippen LogP contribution is 2.27. The molecule has 0 radical (unpaired) electrons. The van der Waals surface area contributed by atoms with Gasteiger partial charge in [-0.25, -0.2) is 14.3 Å². The van der Waals surface area contributed by atoms with E-state index in [0.717, 1.165) is 11.1 Å². The molecule has 0 fully saturated rings. The zero-order valence-corrected chi connectivity index (χ0v) is 12.8. The first-order chi connectivity index (χ1) is 11.8. The summed E-state index contributed by atoms with van der Waals surface area (Å²) in [6.07, 6.45) is 3.25. The first-order valence-electron chi connectivity index (χ1n) is 7.34. The summed E-state index contributed by atoms with van der Waals surface area (Å²) in [5.74, 6) is 0.0841. The van der Waals surface area contributed by atoms with Gasteiger partial charge in [-0.3, -0.25) is 0 Å². The van der Waals surface area contributed by atoms with Crippen LogP contribution in [0.15, 0.2) is 65.4 Å². The van der Waals surface area contributed by atoms with E-state index in [1.165, 1.54) is 11.6 Å². The molecule has 0 amide bonds. The lowest BCUT2D eigenvalue weighted by Crippen LogP contribution is -2.10. The van der Waals surface area contributed by atoms with E-state index < -0.39 is 5.97 Å². The van der Waals surface area contributed by atoms with E-state index in [4.69, 9.17) is 9.15 Å². The summed E-state index contributed by atoms with van der Waals surface area (Å²) in [4.78, 5) is 16.8. The van der Waals surface area contributed by atoms with Gasteiger partial charge >= 0.3 is 5.97 Å². The van der Waals surface area contributed by atoms with Crippen LogP contribution < -0.4 is 0 Å². The number of rotatable bonds is 3. The molecular formula is C18H13N3O3. The Morgan fingerprint density at radius 2 is 2.00 bits per heavy atom. The predicted octanol–water partition coefficient (Wildman–Crippen LogP) is 3.44. The molecule has 0 saturated heterocycles. The quantitative estimate of drug-likeness (QED) is 0.541. The van der Waals surface area contributed by atoms with Crippen LogP contribution in [0, 0.1) is 0 Å². The van der Waals surface area contributed by atoms with Crippen LogP contribution in [0.3, 0.4) is 0 Å². The number of ether oxygens (including phenoxy) is 1. The summed E-state index contributed by atoms with van der Waals surface area (Å²) in [7, 11) is 1.34. The van der Waals surface area contributed by atoms with Crippen molar-refractivity contribution in [2.24, 2.45) is 0 Å². The van der Waals surface area contributed by atoms with E-state index in [1.54, 1.807) is 30.7 Å². The molecule has 4 rings (SSSR count). The van der Waals surface area contributed by atoms with Crippen LogP contribution in [-0.4, -0.2) is 27.7 Å². The molecule has 0 saturated carbocycles. The third-order valence-electron chi connectivity index (χ3n) is 3.72. The number of furan rings is 1. The lowest BCUT2D eigenvalue weighted by atomic mass is 10.1.